The van der Waals surface area contributed by atoms with Gasteiger partial charge in [0.2, 0.25) is 5.91 Å². The van der Waals surface area contributed by atoms with Crippen LogP contribution in [0.3, 0.4) is 0 Å². The number of nitrogens with one attached hydrogen (secondary N) is 1. The monoisotopic (exact) mass is 1920 g/mol. The van der Waals surface area contributed by atoms with Crippen LogP contribution < -0.4 is 48.0 Å². The minimum absolute atomic E-state index is 0.0204. The molecule has 0 spiro atoms. The maximum Gasteiger partial charge on any atom is 0.222 e. The van der Waals surface area contributed by atoms with Gasteiger partial charge in [-0.05, 0) is 184 Å². The smallest absolute Gasteiger partial charge is 0.222 e. The van der Waals surface area contributed by atoms with Crippen LogP contribution in [0.25, 0.3) is 89.2 Å². The summed E-state index contributed by atoms with van der Waals surface area (Å²) >= 11 is 0. The van der Waals surface area contributed by atoms with Crippen LogP contribution in [0, 0.1) is 11.6 Å². The average Bonchev–Trinajstić information content (AvgIpc) is 1.20. The molecule has 2 aliphatic heterocycles. The summed E-state index contributed by atoms with van der Waals surface area (Å²) in [5, 5.41) is 20.1. The lowest BCUT2D eigenvalue weighted by Gasteiger charge is -2.28. The Hall–Kier alpha value is -15.6. The van der Waals surface area contributed by atoms with Crippen LogP contribution in [-0.4, -0.2) is 195 Å². The predicted molar refractivity (Wildman–Crippen MR) is 555 cm³/mol. The van der Waals surface area contributed by atoms with Gasteiger partial charge < -0.3 is 62.6 Å². The molecular weight excluding hydrogens is 1800 g/mol. The molecule has 734 valence electrons. The van der Waals surface area contributed by atoms with E-state index in [-0.39, 0.29) is 29.8 Å². The lowest BCUT2D eigenvalue weighted by molar-refractivity contribution is -0.127. The molecule has 17 aromatic rings. The first-order valence-corrected chi connectivity index (χ1v) is 48.2. The molecule has 9 aromatic carbocycles. The highest BCUT2D eigenvalue weighted by Crippen LogP contribution is 2.41. The van der Waals surface area contributed by atoms with E-state index in [9.17, 15) is 13.6 Å². The van der Waals surface area contributed by atoms with Crippen molar-refractivity contribution in [1.82, 2.24) is 89.2 Å². The van der Waals surface area contributed by atoms with Crippen molar-refractivity contribution >= 4 is 95.5 Å². The Bertz CT molecular complexity index is 7070. The Labute approximate surface area is 826 Å². The van der Waals surface area contributed by atoms with E-state index < -0.39 is 5.60 Å². The quantitative estimate of drug-likeness (QED) is 0.0392. The summed E-state index contributed by atoms with van der Waals surface area (Å²) < 4.78 is 73.9. The maximum absolute atomic E-state index is 14.5. The number of ether oxygens (including phenoxy) is 7. The number of halogens is 2. The summed E-state index contributed by atoms with van der Waals surface area (Å²) in [7, 11) is 10.6. The van der Waals surface area contributed by atoms with Crippen molar-refractivity contribution < 1.29 is 46.7 Å². The van der Waals surface area contributed by atoms with Gasteiger partial charge in [-0.15, -0.1) is 0 Å². The zero-order valence-electron chi connectivity index (χ0n) is 83.0. The third-order valence-corrected chi connectivity index (χ3v) is 24.2. The van der Waals surface area contributed by atoms with Gasteiger partial charge in [0.15, 0.2) is 0 Å². The molecule has 2 aliphatic rings. The van der Waals surface area contributed by atoms with Crippen molar-refractivity contribution in [3.05, 3.63) is 267 Å². The van der Waals surface area contributed by atoms with Crippen LogP contribution in [0.4, 0.5) is 54.3 Å². The number of hydrogen-bond acceptors (Lipinski definition) is 25. The van der Waals surface area contributed by atoms with Crippen molar-refractivity contribution in [3.63, 3.8) is 0 Å². The van der Waals surface area contributed by atoms with E-state index in [1.54, 1.807) is 70.3 Å². The van der Waals surface area contributed by atoms with E-state index in [1.807, 2.05) is 189 Å². The molecule has 1 N–H and O–H groups in total. The number of benzene rings is 9. The van der Waals surface area contributed by atoms with Gasteiger partial charge >= 0.3 is 0 Å². The summed E-state index contributed by atoms with van der Waals surface area (Å²) in [5.41, 5.74) is 21.2. The minimum atomic E-state index is -0.415. The number of rotatable bonds is 34. The van der Waals surface area contributed by atoms with Gasteiger partial charge in [-0.3, -0.25) is 39.2 Å². The number of fused-ring (bicyclic) bond motifs is 4. The lowest BCUT2D eigenvalue weighted by Crippen LogP contribution is -2.30. The number of aromatic amines is 1. The van der Waals surface area contributed by atoms with Crippen LogP contribution in [0.2, 0.25) is 0 Å². The number of carbonyl (C=O) groups is 1. The highest BCUT2D eigenvalue weighted by Gasteiger charge is 2.26. The van der Waals surface area contributed by atoms with Gasteiger partial charge in [-0.2, -0.15) is 20.4 Å². The number of likely N-dealkylation sites (N-methyl/N-ethyl adjacent to an activating group) is 1. The lowest BCUT2D eigenvalue weighted by atomic mass is 10.1. The number of anilines is 8. The predicted octanol–water partition coefficient (Wildman–Crippen LogP) is 22.7. The molecule has 0 radical (unpaired) electrons. The number of carbonyl (C=O) groups excluding carboxylic acids is 1. The zero-order valence-corrected chi connectivity index (χ0v) is 83.0. The average molecular weight is 1920 g/mol. The summed E-state index contributed by atoms with van der Waals surface area (Å²) in [6.07, 6.45) is 29.3. The van der Waals surface area contributed by atoms with Crippen molar-refractivity contribution in [3.8, 4) is 79.5 Å². The van der Waals surface area contributed by atoms with Crippen molar-refractivity contribution in [1.29, 1.82) is 0 Å². The molecule has 1 amide bonds. The number of hydrogen-bond donors (Lipinski definition) is 1. The van der Waals surface area contributed by atoms with E-state index >= 15 is 0 Å². The zero-order chi connectivity index (χ0) is 99.3. The van der Waals surface area contributed by atoms with Crippen molar-refractivity contribution in [2.45, 2.75) is 131 Å². The fraction of sp³-hybridized carbons (Fsp3) is 0.318. The largest absolute Gasteiger partial charge is 0.497 e. The van der Waals surface area contributed by atoms with E-state index in [4.69, 9.17) is 53.1 Å². The minimum Gasteiger partial charge on any atom is -0.497 e. The standard InChI is InChI=1S/C29H34N6O3.C29H30N6O2.C27H30FN5O2.C25H28FN5O/c1-20(2)35-19-21(17-31-35)28-18-30-26-9-8-22(15-27(26)32-28)34(12-6-11-33-10-5-7-29(33)36)23-13-24(37-3)16-25(14-23)38-4;1-34(20-21-7-5-4-6-8-21)11-12-35(24-13-25(36-2)16-26(14-24)37-3)23-9-10-27-28(15-23)33-29(19-30-27)22-17-31-32-18-22;1-3-10-32(22-12-20(28)13-23(14-22)34-4-2)21-8-9-24-25(15-21)31-26(17-29-24)19-16-30-33(18-19)27-7-5-6-11-35-27;1-6-9-31(20-10-18(26)11-21(12-20)32-25(2,3)4)19-7-8-22-23(13-19)29-24(15-27-22)17-14-28-30(5)16-17/h8-9,13-20H,5-7,10-12H2,1-4H3;4-10,13-19H,11-12,20H2,1-3H3,(H,31,32);8-9,12-18,27H,3-7,10-11H2,1-2H3;7-8,10-16H,6,9H2,1-5H3. The number of amides is 1. The topological polar surface area (TPSA) is 286 Å². The van der Waals surface area contributed by atoms with Crippen LogP contribution >= 0.6 is 0 Å². The van der Waals surface area contributed by atoms with Gasteiger partial charge in [-0.25, -0.2) is 33.4 Å². The van der Waals surface area contributed by atoms with Gasteiger partial charge in [0.25, 0.3) is 0 Å². The van der Waals surface area contributed by atoms with E-state index in [2.05, 4.69) is 153 Å². The number of likely N-dealkylation sites (tertiary alicyclic amines) is 1. The summed E-state index contributed by atoms with van der Waals surface area (Å²) in [6, 6.07) is 56.4. The first-order valence-electron chi connectivity index (χ1n) is 48.2. The molecule has 1 unspecified atom stereocenters. The fourth-order valence-corrected chi connectivity index (χ4v) is 17.1. The van der Waals surface area contributed by atoms with Gasteiger partial charge in [-0.1, -0.05) is 44.2 Å². The van der Waals surface area contributed by atoms with Gasteiger partial charge in [0.1, 0.15) is 58.0 Å². The summed E-state index contributed by atoms with van der Waals surface area (Å²) in [6.45, 7) is 23.5. The fourth-order valence-electron chi connectivity index (χ4n) is 17.1. The molecule has 30 nitrogen and oxygen atoms in total. The molecule has 19 rings (SSSR count). The van der Waals surface area contributed by atoms with E-state index in [0.717, 1.165) is 244 Å². The Morgan fingerprint density at radius 3 is 1.38 bits per heavy atom. The van der Waals surface area contributed by atoms with Crippen molar-refractivity contribution in [2.24, 2.45) is 7.05 Å². The van der Waals surface area contributed by atoms with E-state index in [0.29, 0.717) is 42.6 Å². The SMILES string of the molecule is CCCN(c1cc(F)cc(OC(C)(C)C)c1)c1ccc2ncc(-c3cnn(C)c3)nc2c1.CCCN(c1cc(F)cc(OCC)c1)c1ccc2ncc(-c3cnn(C4CCCCO4)c3)nc2c1.COc1cc(OC)cc(N(CCCN2CCCC2=O)c2ccc3ncc(-c4cnn(C(C)C)c4)nc3c2)c1.COc1cc(OC)cc(N(CCN(C)Cc2ccccc2)c2ccc3ncc(-c4cn[nH]c4)nc3c2)c1. The normalized spacial score (nSPS) is 13.1. The number of methoxy groups -OCH3 is 4. The summed E-state index contributed by atoms with van der Waals surface area (Å²) in [5.74, 6) is 3.51. The molecule has 8 aromatic heterocycles. The second kappa shape index (κ2) is 46.5. The highest BCUT2D eigenvalue weighted by atomic mass is 19.1. The van der Waals surface area contributed by atoms with Gasteiger partial charge in [0.05, 0.1) is 152 Å². The molecule has 32 heteroatoms. The molecule has 10 heterocycles. The second-order valence-corrected chi connectivity index (χ2v) is 36.2. The molecular formula is C110H122F2N22O8. The Morgan fingerprint density at radius 2 is 0.937 bits per heavy atom. The van der Waals surface area contributed by atoms with Crippen LogP contribution in [0.1, 0.15) is 125 Å². The second-order valence-electron chi connectivity index (χ2n) is 36.2. The van der Waals surface area contributed by atoms with Gasteiger partial charge in [0, 0.05) is 232 Å². The number of nitrogens with zero attached hydrogens (tertiary/aromatic N) is 21. The maximum atomic E-state index is 14.5. The Morgan fingerprint density at radius 1 is 0.472 bits per heavy atom. The third-order valence-electron chi connectivity index (χ3n) is 24.2. The molecule has 142 heavy (non-hydrogen) atoms. The first-order chi connectivity index (χ1) is 68.9. The first kappa shape index (κ1) is 99.4. The Kier molecular flexibility index (Phi) is 32.5. The van der Waals surface area contributed by atoms with E-state index in [1.165, 1.54) is 29.8 Å². The van der Waals surface area contributed by atoms with Crippen LogP contribution in [0.5, 0.6) is 34.5 Å². The number of aryl methyl sites for hydroxylation is 1. The number of H-pyrrole nitrogens is 1. The Balaban J connectivity index is 0.000000136. The molecule has 1 atom stereocenters. The molecule has 0 saturated carbocycles. The molecule has 0 bridgehead atoms. The number of aromatic nitrogens is 16. The molecule has 2 saturated heterocycles. The van der Waals surface area contributed by atoms with Crippen molar-refractivity contribution in [2.75, 3.05) is 114 Å². The molecule has 2 fully saturated rings. The molecule has 0 aliphatic carbocycles. The van der Waals surface area contributed by atoms with Crippen LogP contribution in [-0.2, 0) is 23.1 Å². The summed E-state index contributed by atoms with van der Waals surface area (Å²) in [4.78, 5) is 63.0. The third kappa shape index (κ3) is 25.4. The highest BCUT2D eigenvalue weighted by molar-refractivity contribution is 5.87. The van der Waals surface area contributed by atoms with Crippen LogP contribution in [0.15, 0.2) is 250 Å².